The first-order chi connectivity index (χ1) is 16.9. The number of H-pyrrole nitrogens is 1. The zero-order valence-corrected chi connectivity index (χ0v) is 20.3. The fourth-order valence-electron chi connectivity index (χ4n) is 4.92. The number of nitrogens with one attached hydrogen (secondary N) is 1. The standard InChI is InChI=1S/C25H26F2N6O3/c1-13-11-32-12-15(10-28-22(32)29-13)14-7-16-19(17(26)8-14)30-21(31-20(16)34)25(27)5-6-33(23(35)36)18(9-25)24(2,3)4/h7-8,10-12,18H,5-6,9H2,1-4H3,(H,35,36)(H,30,31,34). The first-order valence-corrected chi connectivity index (χ1v) is 11.6. The van der Waals surface area contributed by atoms with Crippen molar-refractivity contribution in [1.82, 2.24) is 29.2 Å². The molecule has 0 bridgehead atoms. The minimum absolute atomic E-state index is 0.0189. The zero-order chi connectivity index (χ0) is 26.0. The molecule has 3 aromatic heterocycles. The maximum Gasteiger partial charge on any atom is 0.407 e. The molecular formula is C25H26F2N6O3. The average molecular weight is 497 g/mol. The average Bonchev–Trinajstić information content (AvgIpc) is 3.17. The Bertz CT molecular complexity index is 1570. The van der Waals surface area contributed by atoms with Gasteiger partial charge in [0.15, 0.2) is 5.67 Å². The Hall–Kier alpha value is -3.89. The molecule has 0 saturated carbocycles. The normalized spacial score (nSPS) is 20.8. The largest absolute Gasteiger partial charge is 0.465 e. The Morgan fingerprint density at radius 2 is 1.97 bits per heavy atom. The molecule has 2 unspecified atom stereocenters. The lowest BCUT2D eigenvalue weighted by Gasteiger charge is -2.46. The number of halogens is 2. The van der Waals surface area contributed by atoms with E-state index >= 15 is 8.78 Å². The fourth-order valence-corrected chi connectivity index (χ4v) is 4.92. The molecule has 0 radical (unpaired) electrons. The third-order valence-electron chi connectivity index (χ3n) is 6.84. The smallest absolute Gasteiger partial charge is 0.407 e. The Morgan fingerprint density at radius 1 is 1.22 bits per heavy atom. The number of aromatic nitrogens is 5. The molecule has 1 aliphatic rings. The molecule has 5 rings (SSSR count). The number of alkyl halides is 1. The van der Waals surface area contributed by atoms with Crippen LogP contribution in [0, 0.1) is 18.2 Å². The molecule has 1 aromatic carbocycles. The summed E-state index contributed by atoms with van der Waals surface area (Å²) >= 11 is 0. The van der Waals surface area contributed by atoms with Crippen LogP contribution in [0.15, 0.2) is 35.5 Å². The SMILES string of the molecule is Cc1cn2cc(-c3cc(F)c4nc(C5(F)CCN(C(=O)O)C(C(C)(C)C)C5)[nH]c(=O)c4c3)cnc2n1. The van der Waals surface area contributed by atoms with Gasteiger partial charge in [0.05, 0.1) is 11.1 Å². The van der Waals surface area contributed by atoms with E-state index in [9.17, 15) is 14.7 Å². The second kappa shape index (κ2) is 8.07. The number of aromatic amines is 1. The van der Waals surface area contributed by atoms with Crippen LogP contribution in [-0.2, 0) is 5.67 Å². The van der Waals surface area contributed by atoms with Gasteiger partial charge in [0, 0.05) is 49.6 Å². The molecule has 1 aliphatic heterocycles. The molecule has 11 heteroatoms. The fraction of sp³-hybridized carbons (Fsp3) is 0.400. The van der Waals surface area contributed by atoms with Crippen LogP contribution >= 0.6 is 0 Å². The molecular weight excluding hydrogens is 470 g/mol. The van der Waals surface area contributed by atoms with Gasteiger partial charge in [-0.25, -0.2) is 28.5 Å². The van der Waals surface area contributed by atoms with Crippen molar-refractivity contribution < 1.29 is 18.7 Å². The molecule has 1 fully saturated rings. The minimum Gasteiger partial charge on any atom is -0.465 e. The number of aryl methyl sites for hydroxylation is 1. The van der Waals surface area contributed by atoms with E-state index in [1.54, 1.807) is 16.8 Å². The Balaban J connectivity index is 1.57. The number of imidazole rings is 1. The van der Waals surface area contributed by atoms with Gasteiger partial charge in [0.25, 0.3) is 5.56 Å². The molecule has 188 valence electrons. The van der Waals surface area contributed by atoms with Crippen molar-refractivity contribution in [3.8, 4) is 11.1 Å². The van der Waals surface area contributed by atoms with Crippen molar-refractivity contribution in [3.63, 3.8) is 0 Å². The number of nitrogens with zero attached hydrogens (tertiary/aromatic N) is 5. The van der Waals surface area contributed by atoms with Crippen molar-refractivity contribution in [2.45, 2.75) is 52.2 Å². The number of likely N-dealkylation sites (tertiary alicyclic amines) is 1. The molecule has 2 N–H and O–H groups in total. The van der Waals surface area contributed by atoms with Gasteiger partial charge in [-0.1, -0.05) is 20.8 Å². The monoisotopic (exact) mass is 496 g/mol. The molecule has 1 amide bonds. The summed E-state index contributed by atoms with van der Waals surface area (Å²) in [5.74, 6) is -0.559. The summed E-state index contributed by atoms with van der Waals surface area (Å²) in [5.41, 5.74) is -1.82. The summed E-state index contributed by atoms with van der Waals surface area (Å²) in [7, 11) is 0. The van der Waals surface area contributed by atoms with Crippen molar-refractivity contribution in [2.24, 2.45) is 5.41 Å². The van der Waals surface area contributed by atoms with E-state index in [0.29, 0.717) is 16.9 Å². The predicted molar refractivity (Wildman–Crippen MR) is 129 cm³/mol. The van der Waals surface area contributed by atoms with Gasteiger partial charge in [-0.05, 0) is 30.0 Å². The minimum atomic E-state index is -2.11. The second-order valence-corrected chi connectivity index (χ2v) is 10.5. The molecule has 9 nitrogen and oxygen atoms in total. The van der Waals surface area contributed by atoms with Crippen LogP contribution in [-0.4, -0.2) is 53.0 Å². The molecule has 2 atom stereocenters. The summed E-state index contributed by atoms with van der Waals surface area (Å²) in [6.45, 7) is 7.25. The zero-order valence-electron chi connectivity index (χ0n) is 20.3. The first-order valence-electron chi connectivity index (χ1n) is 11.6. The Labute approximate surface area is 204 Å². The maximum absolute atomic E-state index is 16.3. The number of fused-ring (bicyclic) bond motifs is 2. The summed E-state index contributed by atoms with van der Waals surface area (Å²) in [4.78, 5) is 41.2. The number of hydrogen-bond donors (Lipinski definition) is 2. The summed E-state index contributed by atoms with van der Waals surface area (Å²) in [6.07, 6.45) is 3.53. The van der Waals surface area contributed by atoms with Gasteiger partial charge in [-0.2, -0.15) is 0 Å². The van der Waals surface area contributed by atoms with Gasteiger partial charge < -0.3 is 15.0 Å². The molecule has 0 spiro atoms. The van der Waals surface area contributed by atoms with E-state index in [0.717, 1.165) is 5.69 Å². The van der Waals surface area contributed by atoms with E-state index in [1.165, 1.54) is 23.2 Å². The predicted octanol–water partition coefficient (Wildman–Crippen LogP) is 4.43. The molecule has 36 heavy (non-hydrogen) atoms. The van der Waals surface area contributed by atoms with Crippen LogP contribution in [0.2, 0.25) is 0 Å². The van der Waals surface area contributed by atoms with E-state index < -0.39 is 34.6 Å². The number of carboxylic acid groups (broad SMARTS) is 1. The number of rotatable bonds is 2. The number of benzene rings is 1. The lowest BCUT2D eigenvalue weighted by atomic mass is 9.75. The third-order valence-corrected chi connectivity index (χ3v) is 6.84. The van der Waals surface area contributed by atoms with Crippen LogP contribution in [0.25, 0.3) is 27.8 Å². The van der Waals surface area contributed by atoms with Crippen molar-refractivity contribution in [1.29, 1.82) is 0 Å². The summed E-state index contributed by atoms with van der Waals surface area (Å²) < 4.78 is 33.2. The topological polar surface area (TPSA) is 116 Å². The number of piperidine rings is 1. The van der Waals surface area contributed by atoms with E-state index in [2.05, 4.69) is 19.9 Å². The molecule has 1 saturated heterocycles. The van der Waals surface area contributed by atoms with Crippen LogP contribution in [0.3, 0.4) is 0 Å². The lowest BCUT2D eigenvalue weighted by Crippen LogP contribution is -2.55. The van der Waals surface area contributed by atoms with E-state index in [1.807, 2.05) is 27.7 Å². The highest BCUT2D eigenvalue weighted by Crippen LogP contribution is 2.43. The van der Waals surface area contributed by atoms with Crippen LogP contribution in [0.5, 0.6) is 0 Å². The lowest BCUT2D eigenvalue weighted by molar-refractivity contribution is -0.0219. The van der Waals surface area contributed by atoms with E-state index in [-0.39, 0.29) is 36.1 Å². The van der Waals surface area contributed by atoms with Crippen molar-refractivity contribution in [2.75, 3.05) is 6.54 Å². The Kier molecular flexibility index (Phi) is 5.34. The highest BCUT2D eigenvalue weighted by molar-refractivity contribution is 5.84. The summed E-state index contributed by atoms with van der Waals surface area (Å²) in [6, 6.07) is 2.08. The van der Waals surface area contributed by atoms with Crippen molar-refractivity contribution >= 4 is 22.8 Å². The van der Waals surface area contributed by atoms with Gasteiger partial charge in [-0.15, -0.1) is 0 Å². The van der Waals surface area contributed by atoms with Crippen molar-refractivity contribution in [3.05, 3.63) is 58.4 Å². The van der Waals surface area contributed by atoms with Gasteiger partial charge in [-0.3, -0.25) is 9.20 Å². The number of carbonyl (C=O) groups is 1. The van der Waals surface area contributed by atoms with Crippen LogP contribution in [0.4, 0.5) is 13.6 Å². The van der Waals surface area contributed by atoms with Crippen LogP contribution in [0.1, 0.15) is 45.1 Å². The summed E-state index contributed by atoms with van der Waals surface area (Å²) in [5, 5.41) is 9.57. The number of hydrogen-bond acceptors (Lipinski definition) is 5. The first kappa shape index (κ1) is 23.8. The highest BCUT2D eigenvalue weighted by atomic mass is 19.1. The Morgan fingerprint density at radius 3 is 2.67 bits per heavy atom. The highest BCUT2D eigenvalue weighted by Gasteiger charge is 2.48. The van der Waals surface area contributed by atoms with Gasteiger partial charge in [0.1, 0.15) is 17.2 Å². The molecule has 4 aromatic rings. The number of amides is 1. The van der Waals surface area contributed by atoms with Gasteiger partial charge >= 0.3 is 6.09 Å². The third kappa shape index (κ3) is 3.98. The van der Waals surface area contributed by atoms with Gasteiger partial charge in [0.2, 0.25) is 5.78 Å². The maximum atomic E-state index is 16.3. The quantitative estimate of drug-likeness (QED) is 0.424. The molecule has 0 aliphatic carbocycles. The van der Waals surface area contributed by atoms with Crippen LogP contribution < -0.4 is 5.56 Å². The van der Waals surface area contributed by atoms with E-state index in [4.69, 9.17) is 0 Å². The molecule has 4 heterocycles. The second-order valence-electron chi connectivity index (χ2n) is 10.5.